The number of carbonyl (C=O) groups excluding carboxylic acids is 1. The number of likely N-dealkylation sites (tertiary alicyclic amines) is 1. The molecule has 1 N–H and O–H groups in total. The van der Waals surface area contributed by atoms with Crippen LogP contribution in [0.5, 0.6) is 0 Å². The summed E-state index contributed by atoms with van der Waals surface area (Å²) in [5, 5.41) is 12.5. The van der Waals surface area contributed by atoms with Crippen molar-refractivity contribution in [3.63, 3.8) is 0 Å². The number of hydrogen-bond donors (Lipinski definition) is 1. The smallest absolute Gasteiger partial charge is 0.318 e. The number of nitrogens with one attached hydrogen (secondary N) is 1. The summed E-state index contributed by atoms with van der Waals surface area (Å²) in [6, 6.07) is 6.48. The van der Waals surface area contributed by atoms with Crippen LogP contribution in [0.2, 0.25) is 5.02 Å². The van der Waals surface area contributed by atoms with Crippen LogP contribution < -0.4 is 5.32 Å². The molecule has 3 saturated carbocycles. The van der Waals surface area contributed by atoms with E-state index in [0.29, 0.717) is 10.7 Å². The van der Waals surface area contributed by atoms with E-state index in [0.717, 1.165) is 18.4 Å². The lowest BCUT2D eigenvalue weighted by Crippen LogP contribution is -2.89. The molecule has 5 rings (SSSR count). The molecule has 1 saturated heterocycles. The number of rotatable bonds is 2. The van der Waals surface area contributed by atoms with E-state index in [1.165, 1.54) is 0 Å². The van der Waals surface area contributed by atoms with E-state index in [2.05, 4.69) is 11.4 Å². The highest BCUT2D eigenvalue weighted by atomic mass is 35.5. The summed E-state index contributed by atoms with van der Waals surface area (Å²) in [5.41, 5.74) is -0.132. The van der Waals surface area contributed by atoms with Gasteiger partial charge in [-0.05, 0) is 49.4 Å². The van der Waals surface area contributed by atoms with Gasteiger partial charge in [0.2, 0.25) is 0 Å². The topological polar surface area (TPSA) is 56.1 Å². The molecular weight excluding hydrogens is 379 g/mol. The van der Waals surface area contributed by atoms with Gasteiger partial charge in [-0.3, -0.25) is 0 Å². The molecule has 0 aromatic heterocycles. The summed E-state index contributed by atoms with van der Waals surface area (Å²) in [7, 11) is 0. The molecular formula is C19H17ClF3N3O. The van der Waals surface area contributed by atoms with Crippen LogP contribution in [0.3, 0.4) is 0 Å². The molecule has 2 unspecified atom stereocenters. The van der Waals surface area contributed by atoms with Gasteiger partial charge in [-0.25, -0.2) is 4.79 Å². The molecule has 1 aromatic rings. The number of halogens is 4. The lowest BCUT2D eigenvalue weighted by atomic mass is 9.36. The van der Waals surface area contributed by atoms with Crippen molar-refractivity contribution >= 4 is 23.3 Å². The largest absolute Gasteiger partial charge is 0.395 e. The molecule has 0 bridgehead atoms. The highest BCUT2D eigenvalue weighted by Crippen LogP contribution is 2.76. The van der Waals surface area contributed by atoms with Crippen LogP contribution in [0.15, 0.2) is 18.2 Å². The number of anilines is 1. The number of carbonyl (C=O) groups is 1. The standard InChI is InChI=1S/C19H17ClF3N3O/c20-13-4-2-10(5-12(13)11-3-1-9(11)8-24)25-17(27)26-14-6-18(19(21,22)23)7-15(26)16(14)18/h2,4-5,9,11,14-16H,1,3,6-7H2,(H,25,27)/t9-,11-,14?,15?,16?,18?/m1/s1. The Kier molecular flexibility index (Phi) is 3.38. The Morgan fingerprint density at radius 3 is 2.52 bits per heavy atom. The molecule has 1 aromatic carbocycles. The fourth-order valence-electron chi connectivity index (χ4n) is 5.56. The molecule has 1 heterocycles. The average Bonchev–Trinajstić information content (AvgIpc) is 2.55. The van der Waals surface area contributed by atoms with E-state index in [9.17, 15) is 18.0 Å². The first-order valence-corrected chi connectivity index (χ1v) is 9.50. The van der Waals surface area contributed by atoms with Crippen molar-refractivity contribution in [2.45, 2.75) is 49.9 Å². The van der Waals surface area contributed by atoms with Gasteiger partial charge in [0.15, 0.2) is 0 Å². The maximum atomic E-state index is 13.2. The number of amides is 2. The molecule has 27 heavy (non-hydrogen) atoms. The van der Waals surface area contributed by atoms with Crippen LogP contribution in [-0.4, -0.2) is 29.2 Å². The summed E-state index contributed by atoms with van der Waals surface area (Å²) < 4.78 is 39.5. The third kappa shape index (κ3) is 2.08. The minimum atomic E-state index is -4.17. The van der Waals surface area contributed by atoms with Crippen LogP contribution in [0, 0.1) is 28.6 Å². The second-order valence-corrected chi connectivity index (χ2v) is 8.62. The van der Waals surface area contributed by atoms with E-state index in [1.54, 1.807) is 23.1 Å². The van der Waals surface area contributed by atoms with Gasteiger partial charge >= 0.3 is 12.2 Å². The van der Waals surface area contributed by atoms with Crippen LogP contribution in [0.25, 0.3) is 0 Å². The van der Waals surface area contributed by atoms with Crippen LogP contribution in [0.1, 0.15) is 37.2 Å². The first-order valence-electron chi connectivity index (χ1n) is 9.12. The highest BCUT2D eigenvalue weighted by Gasteiger charge is 2.84. The van der Waals surface area contributed by atoms with E-state index in [4.69, 9.17) is 16.9 Å². The Balaban J connectivity index is 1.28. The number of benzene rings is 1. The summed E-state index contributed by atoms with van der Waals surface area (Å²) >= 11 is 6.26. The summed E-state index contributed by atoms with van der Waals surface area (Å²) in [6.07, 6.45) is -2.41. The van der Waals surface area contributed by atoms with Gasteiger partial charge in [-0.15, -0.1) is 0 Å². The Bertz CT molecular complexity index is 866. The van der Waals surface area contributed by atoms with Gasteiger partial charge in [-0.1, -0.05) is 11.6 Å². The van der Waals surface area contributed by atoms with Gasteiger partial charge in [0.1, 0.15) is 0 Å². The van der Waals surface area contributed by atoms with Crippen LogP contribution in [0.4, 0.5) is 23.7 Å². The molecule has 3 aliphatic carbocycles. The number of alkyl halides is 3. The van der Waals surface area contributed by atoms with Crippen molar-refractivity contribution in [1.29, 1.82) is 5.26 Å². The number of nitriles is 1. The molecule has 4 aliphatic rings. The summed E-state index contributed by atoms with van der Waals surface area (Å²) in [5.74, 6) is -0.418. The first-order chi connectivity index (χ1) is 12.8. The van der Waals surface area contributed by atoms with Crippen LogP contribution in [-0.2, 0) is 0 Å². The second kappa shape index (κ2) is 5.32. The summed E-state index contributed by atoms with van der Waals surface area (Å²) in [6.45, 7) is 0. The van der Waals surface area contributed by atoms with Crippen molar-refractivity contribution in [3.8, 4) is 6.07 Å². The fourth-order valence-corrected chi connectivity index (χ4v) is 5.81. The molecule has 4 nitrogen and oxygen atoms in total. The zero-order chi connectivity index (χ0) is 19.1. The number of hydrogen-bond acceptors (Lipinski definition) is 2. The first kappa shape index (κ1) is 17.2. The van der Waals surface area contributed by atoms with Gasteiger partial charge < -0.3 is 10.2 Å². The zero-order valence-electron chi connectivity index (χ0n) is 14.3. The molecule has 2 amide bonds. The van der Waals surface area contributed by atoms with Crippen molar-refractivity contribution < 1.29 is 18.0 Å². The minimum Gasteiger partial charge on any atom is -0.318 e. The van der Waals surface area contributed by atoms with E-state index in [1.807, 2.05) is 0 Å². The van der Waals surface area contributed by atoms with Crippen molar-refractivity contribution in [3.05, 3.63) is 28.8 Å². The van der Waals surface area contributed by atoms with Gasteiger partial charge in [0.05, 0.1) is 17.4 Å². The monoisotopic (exact) mass is 395 g/mol. The molecule has 0 spiro atoms. The minimum absolute atomic E-state index is 0.0167. The van der Waals surface area contributed by atoms with E-state index < -0.39 is 17.5 Å². The molecule has 8 heteroatoms. The lowest BCUT2D eigenvalue weighted by Gasteiger charge is -2.79. The predicted molar refractivity (Wildman–Crippen MR) is 92.2 cm³/mol. The van der Waals surface area contributed by atoms with Gasteiger partial charge in [0.25, 0.3) is 0 Å². The molecule has 4 atom stereocenters. The van der Waals surface area contributed by atoms with Crippen molar-refractivity contribution in [1.82, 2.24) is 4.90 Å². The maximum Gasteiger partial charge on any atom is 0.395 e. The van der Waals surface area contributed by atoms with Gasteiger partial charge in [-0.2, -0.15) is 18.4 Å². The summed E-state index contributed by atoms with van der Waals surface area (Å²) in [4.78, 5) is 14.2. The normalized spacial score (nSPS) is 38.3. The fraction of sp³-hybridized carbons (Fsp3) is 0.579. The molecule has 142 valence electrons. The zero-order valence-corrected chi connectivity index (χ0v) is 15.0. The molecule has 1 aliphatic heterocycles. The second-order valence-electron chi connectivity index (χ2n) is 8.22. The average molecular weight is 396 g/mol. The van der Waals surface area contributed by atoms with Gasteiger partial charge in [0, 0.05) is 34.6 Å². The number of piperidine rings is 3. The van der Waals surface area contributed by atoms with Crippen LogP contribution >= 0.6 is 11.6 Å². The molecule has 0 radical (unpaired) electrons. The highest BCUT2D eigenvalue weighted by molar-refractivity contribution is 6.31. The van der Waals surface area contributed by atoms with E-state index >= 15 is 0 Å². The SMILES string of the molecule is N#C[C@H]1CC[C@H]1c1cc(NC(=O)N2C3CC4(C(F)(F)F)CC2C34)ccc1Cl. The van der Waals surface area contributed by atoms with Crippen molar-refractivity contribution in [2.24, 2.45) is 17.3 Å². The molecule has 4 fully saturated rings. The lowest BCUT2D eigenvalue weighted by molar-refractivity contribution is -0.394. The quantitative estimate of drug-likeness (QED) is 0.773. The Morgan fingerprint density at radius 2 is 2.00 bits per heavy atom. The Morgan fingerprint density at radius 1 is 1.30 bits per heavy atom. The maximum absolute atomic E-state index is 13.2. The number of nitrogens with zero attached hydrogens (tertiary/aromatic N) is 2. The third-order valence-corrected chi connectivity index (χ3v) is 7.56. The van der Waals surface area contributed by atoms with E-state index in [-0.39, 0.29) is 42.8 Å². The third-order valence-electron chi connectivity index (χ3n) is 7.21. The number of urea groups is 1. The Labute approximate surface area is 159 Å². The van der Waals surface area contributed by atoms with Crippen molar-refractivity contribution in [2.75, 3.05) is 5.32 Å². The predicted octanol–water partition coefficient (Wildman–Crippen LogP) is 4.91. The Hall–Kier alpha value is -1.94.